The van der Waals surface area contributed by atoms with Crippen LogP contribution in [0.3, 0.4) is 0 Å². The monoisotopic (exact) mass is 336 g/mol. The van der Waals surface area contributed by atoms with Crippen molar-refractivity contribution in [3.05, 3.63) is 65.7 Å². The zero-order chi connectivity index (χ0) is 18.1. The Morgan fingerprint density at radius 2 is 1.28 bits per heavy atom. The van der Waals surface area contributed by atoms with E-state index in [1.54, 1.807) is 0 Å². The fourth-order valence-corrected chi connectivity index (χ4v) is 2.89. The Morgan fingerprint density at radius 1 is 0.800 bits per heavy atom. The molecule has 0 amide bonds. The highest BCUT2D eigenvalue weighted by atomic mass is 16.7. The number of ketones is 1. The summed E-state index contributed by atoms with van der Waals surface area (Å²) in [6.45, 7) is 8.18. The summed E-state index contributed by atoms with van der Waals surface area (Å²) in [5.74, 6) is 0.217. The van der Waals surface area contributed by atoms with Crippen molar-refractivity contribution in [1.29, 1.82) is 0 Å². The van der Waals surface area contributed by atoms with Gasteiger partial charge in [0.25, 0.3) is 0 Å². The summed E-state index contributed by atoms with van der Waals surface area (Å²) >= 11 is 0. The number of benzene rings is 2. The van der Waals surface area contributed by atoms with Gasteiger partial charge < -0.3 is 9.31 Å². The molecule has 25 heavy (non-hydrogen) atoms. The Labute approximate surface area is 150 Å². The van der Waals surface area contributed by atoms with Crippen LogP contribution in [0.5, 0.6) is 0 Å². The van der Waals surface area contributed by atoms with Gasteiger partial charge in [0.15, 0.2) is 0 Å². The van der Waals surface area contributed by atoms with E-state index >= 15 is 0 Å². The van der Waals surface area contributed by atoms with Gasteiger partial charge in [0.05, 0.1) is 11.2 Å². The molecule has 1 aliphatic rings. The van der Waals surface area contributed by atoms with E-state index in [2.05, 4.69) is 0 Å². The van der Waals surface area contributed by atoms with Crippen LogP contribution in [0.4, 0.5) is 0 Å². The maximum absolute atomic E-state index is 12.2. The van der Waals surface area contributed by atoms with E-state index in [0.717, 1.165) is 16.6 Å². The lowest BCUT2D eigenvalue weighted by atomic mass is 9.78. The summed E-state index contributed by atoms with van der Waals surface area (Å²) < 4.78 is 12.1. The number of hydrogen-bond donors (Lipinski definition) is 0. The Bertz CT molecular complexity index is 719. The zero-order valence-electron chi connectivity index (χ0n) is 15.4. The van der Waals surface area contributed by atoms with Crippen LogP contribution < -0.4 is 5.46 Å². The molecule has 0 saturated carbocycles. The SMILES string of the molecule is CC1(C)OB(c2ccc(CC(=O)Cc3ccccc3)cc2)OC1(C)C. The standard InChI is InChI=1S/C21H25BO3/c1-20(2)21(3,4)25-22(24-20)18-12-10-17(11-13-18)15-19(23)14-16-8-6-5-7-9-16/h5-13H,14-15H2,1-4H3. The van der Waals surface area contributed by atoms with Crippen LogP contribution in [-0.2, 0) is 26.9 Å². The molecule has 1 aliphatic heterocycles. The lowest BCUT2D eigenvalue weighted by Gasteiger charge is -2.32. The molecular weight excluding hydrogens is 311 g/mol. The van der Waals surface area contributed by atoms with Gasteiger partial charge in [-0.3, -0.25) is 4.79 Å². The summed E-state index contributed by atoms with van der Waals surface area (Å²) in [4.78, 5) is 12.2. The van der Waals surface area contributed by atoms with Crippen molar-refractivity contribution in [2.45, 2.75) is 51.7 Å². The first-order valence-electron chi connectivity index (χ1n) is 8.77. The molecule has 1 fully saturated rings. The summed E-state index contributed by atoms with van der Waals surface area (Å²) in [7, 11) is -0.362. The second-order valence-electron chi connectivity index (χ2n) is 7.71. The van der Waals surface area contributed by atoms with Crippen LogP contribution in [0.1, 0.15) is 38.8 Å². The molecule has 2 aromatic carbocycles. The van der Waals surface area contributed by atoms with Crippen LogP contribution in [0, 0.1) is 0 Å². The number of hydrogen-bond acceptors (Lipinski definition) is 3. The van der Waals surface area contributed by atoms with E-state index in [9.17, 15) is 4.79 Å². The van der Waals surface area contributed by atoms with Gasteiger partial charge in [-0.15, -0.1) is 0 Å². The van der Waals surface area contributed by atoms with Crippen LogP contribution in [0.15, 0.2) is 54.6 Å². The van der Waals surface area contributed by atoms with Crippen LogP contribution >= 0.6 is 0 Å². The lowest BCUT2D eigenvalue weighted by Crippen LogP contribution is -2.41. The summed E-state index contributed by atoms with van der Waals surface area (Å²) in [5.41, 5.74) is 2.37. The molecule has 3 rings (SSSR count). The fourth-order valence-electron chi connectivity index (χ4n) is 2.89. The normalized spacial score (nSPS) is 18.3. The molecule has 0 aliphatic carbocycles. The third-order valence-corrected chi connectivity index (χ3v) is 5.15. The summed E-state index contributed by atoms with van der Waals surface area (Å²) in [6, 6.07) is 17.8. The van der Waals surface area contributed by atoms with E-state index in [0.29, 0.717) is 12.8 Å². The quantitative estimate of drug-likeness (QED) is 0.786. The third-order valence-electron chi connectivity index (χ3n) is 5.15. The predicted octanol–water partition coefficient (Wildman–Crippen LogP) is 3.34. The minimum Gasteiger partial charge on any atom is -0.399 e. The number of rotatable bonds is 5. The Morgan fingerprint density at radius 3 is 1.80 bits per heavy atom. The van der Waals surface area contributed by atoms with Gasteiger partial charge in [-0.25, -0.2) is 0 Å². The molecule has 0 N–H and O–H groups in total. The highest BCUT2D eigenvalue weighted by Crippen LogP contribution is 2.36. The summed E-state index contributed by atoms with van der Waals surface area (Å²) in [5, 5.41) is 0. The van der Waals surface area contributed by atoms with Crippen molar-refractivity contribution in [2.75, 3.05) is 0 Å². The second kappa shape index (κ2) is 6.78. The largest absolute Gasteiger partial charge is 0.494 e. The second-order valence-corrected chi connectivity index (χ2v) is 7.71. The molecular formula is C21H25BO3. The van der Waals surface area contributed by atoms with Gasteiger partial charge in [-0.2, -0.15) is 0 Å². The third kappa shape index (κ3) is 4.02. The van der Waals surface area contributed by atoms with Crippen molar-refractivity contribution >= 4 is 18.4 Å². The van der Waals surface area contributed by atoms with Gasteiger partial charge in [0.1, 0.15) is 5.78 Å². The predicted molar refractivity (Wildman–Crippen MR) is 101 cm³/mol. The van der Waals surface area contributed by atoms with Crippen molar-refractivity contribution in [2.24, 2.45) is 0 Å². The number of Topliss-reactive ketones (excluding diaryl/α,β-unsaturated/α-hetero) is 1. The van der Waals surface area contributed by atoms with E-state index in [4.69, 9.17) is 9.31 Å². The molecule has 3 nitrogen and oxygen atoms in total. The van der Waals surface area contributed by atoms with E-state index < -0.39 is 0 Å². The Hall–Kier alpha value is -1.91. The van der Waals surface area contributed by atoms with E-state index in [-0.39, 0.29) is 24.1 Å². The molecule has 0 aromatic heterocycles. The fraction of sp³-hybridized carbons (Fsp3) is 0.381. The smallest absolute Gasteiger partial charge is 0.399 e. The average Bonchev–Trinajstić information content (AvgIpc) is 2.77. The number of carbonyl (C=O) groups excluding carboxylic acids is 1. The maximum atomic E-state index is 12.2. The topological polar surface area (TPSA) is 35.5 Å². The molecule has 130 valence electrons. The molecule has 0 unspecified atom stereocenters. The van der Waals surface area contributed by atoms with Crippen LogP contribution in [0.2, 0.25) is 0 Å². The molecule has 0 bridgehead atoms. The van der Waals surface area contributed by atoms with Gasteiger partial charge in [0, 0.05) is 12.8 Å². The van der Waals surface area contributed by atoms with Gasteiger partial charge >= 0.3 is 7.12 Å². The van der Waals surface area contributed by atoms with Crippen LogP contribution in [0.25, 0.3) is 0 Å². The highest BCUT2D eigenvalue weighted by Gasteiger charge is 2.51. The highest BCUT2D eigenvalue weighted by molar-refractivity contribution is 6.62. The molecule has 0 atom stereocenters. The molecule has 0 radical (unpaired) electrons. The van der Waals surface area contributed by atoms with Crippen molar-refractivity contribution in [3.8, 4) is 0 Å². The van der Waals surface area contributed by atoms with Gasteiger partial charge in [-0.05, 0) is 44.3 Å². The minimum atomic E-state index is -0.362. The van der Waals surface area contributed by atoms with Crippen molar-refractivity contribution in [3.63, 3.8) is 0 Å². The first kappa shape index (κ1) is 17.9. The lowest BCUT2D eigenvalue weighted by molar-refractivity contribution is -0.117. The average molecular weight is 336 g/mol. The van der Waals surface area contributed by atoms with Gasteiger partial charge in [-0.1, -0.05) is 54.6 Å². The molecule has 1 heterocycles. The summed E-state index contributed by atoms with van der Waals surface area (Å²) in [6.07, 6.45) is 0.915. The Kier molecular flexibility index (Phi) is 4.85. The minimum absolute atomic E-state index is 0.217. The molecule has 2 aromatic rings. The maximum Gasteiger partial charge on any atom is 0.494 e. The molecule has 4 heteroatoms. The van der Waals surface area contributed by atoms with E-state index in [1.165, 1.54) is 0 Å². The molecule has 1 saturated heterocycles. The zero-order valence-corrected chi connectivity index (χ0v) is 15.4. The van der Waals surface area contributed by atoms with Crippen molar-refractivity contribution < 1.29 is 14.1 Å². The van der Waals surface area contributed by atoms with Gasteiger partial charge in [0.2, 0.25) is 0 Å². The first-order valence-corrected chi connectivity index (χ1v) is 8.77. The van der Waals surface area contributed by atoms with Crippen molar-refractivity contribution in [1.82, 2.24) is 0 Å². The Balaban J connectivity index is 1.62. The number of carbonyl (C=O) groups is 1. The van der Waals surface area contributed by atoms with Crippen LogP contribution in [-0.4, -0.2) is 24.1 Å². The molecule has 0 spiro atoms. The van der Waals surface area contributed by atoms with E-state index in [1.807, 2.05) is 82.3 Å². The first-order chi connectivity index (χ1) is 11.8.